The highest BCUT2D eigenvalue weighted by atomic mass is 35.5. The Hall–Kier alpha value is -3.10. The molecule has 2 N–H and O–H groups in total. The molecule has 2 amide bonds. The molecule has 0 fully saturated rings. The Balaban J connectivity index is 1.71. The number of esters is 2. The molecule has 164 valence electrons. The zero-order chi connectivity index (χ0) is 22.8. The second-order valence-electron chi connectivity index (χ2n) is 6.18. The first-order valence-electron chi connectivity index (χ1n) is 9.26. The summed E-state index contributed by atoms with van der Waals surface area (Å²) in [6.07, 6.45) is -0.342. The van der Waals surface area contributed by atoms with Gasteiger partial charge in [0.15, 0.2) is 6.61 Å². The van der Waals surface area contributed by atoms with E-state index in [1.807, 2.05) is 0 Å². The summed E-state index contributed by atoms with van der Waals surface area (Å²) in [4.78, 5) is 47.2. The first-order valence-corrected chi connectivity index (χ1v) is 10.0. The minimum absolute atomic E-state index is 0.136. The fourth-order valence-electron chi connectivity index (χ4n) is 2.34. The molecule has 8 nitrogen and oxygen atoms in total. The fraction of sp³-hybridized carbons (Fsp3) is 0.238. The molecule has 0 spiro atoms. The second-order valence-corrected chi connectivity index (χ2v) is 7.02. The number of hydrogen-bond donors (Lipinski definition) is 2. The molecular formula is C21H20Cl2N2O6. The van der Waals surface area contributed by atoms with Crippen molar-refractivity contribution in [2.75, 3.05) is 23.8 Å². The van der Waals surface area contributed by atoms with Crippen LogP contribution in [0.4, 0.5) is 11.4 Å². The molecule has 2 rings (SSSR count). The predicted octanol–water partition coefficient (Wildman–Crippen LogP) is 4.07. The topological polar surface area (TPSA) is 111 Å². The quantitative estimate of drug-likeness (QED) is 0.538. The number of carbonyl (C=O) groups excluding carboxylic acids is 4. The number of rotatable bonds is 9. The number of ether oxygens (including phenoxy) is 2. The van der Waals surface area contributed by atoms with Gasteiger partial charge in [-0.05, 0) is 49.4 Å². The molecule has 0 unspecified atom stereocenters. The van der Waals surface area contributed by atoms with Crippen molar-refractivity contribution < 1.29 is 28.7 Å². The number of anilines is 2. The number of nitrogens with one attached hydrogen (secondary N) is 2. The van der Waals surface area contributed by atoms with Crippen LogP contribution in [-0.4, -0.2) is 37.0 Å². The average Bonchev–Trinajstić information content (AvgIpc) is 2.73. The summed E-state index contributed by atoms with van der Waals surface area (Å²) in [7, 11) is 0. The molecule has 0 aliphatic carbocycles. The molecule has 0 radical (unpaired) electrons. The summed E-state index contributed by atoms with van der Waals surface area (Å²) in [5.41, 5.74) is 1.16. The maximum Gasteiger partial charge on any atom is 0.338 e. The van der Waals surface area contributed by atoms with Gasteiger partial charge < -0.3 is 20.1 Å². The van der Waals surface area contributed by atoms with Gasteiger partial charge in [0.25, 0.3) is 5.91 Å². The third-order valence-corrected chi connectivity index (χ3v) is 4.35. The number of amides is 2. The summed E-state index contributed by atoms with van der Waals surface area (Å²) in [6, 6.07) is 10.7. The SMILES string of the molecule is CCOC(=O)c1ccc(NC(=O)CCC(=O)OCC(=O)Nc2ccc(Cl)cc2Cl)cc1. The highest BCUT2D eigenvalue weighted by molar-refractivity contribution is 6.36. The van der Waals surface area contributed by atoms with E-state index in [-0.39, 0.29) is 24.5 Å². The maximum atomic E-state index is 12.0. The van der Waals surface area contributed by atoms with Crippen LogP contribution in [0.3, 0.4) is 0 Å². The first-order chi connectivity index (χ1) is 14.8. The molecule has 0 heterocycles. The molecule has 0 saturated carbocycles. The summed E-state index contributed by atoms with van der Waals surface area (Å²) in [5.74, 6) is -2.15. The van der Waals surface area contributed by atoms with Crippen molar-refractivity contribution in [2.24, 2.45) is 0 Å². The molecule has 0 aliphatic rings. The van der Waals surface area contributed by atoms with Crippen LogP contribution >= 0.6 is 23.2 Å². The molecule has 0 aromatic heterocycles. The molecule has 10 heteroatoms. The van der Waals surface area contributed by atoms with Gasteiger partial charge in [0.2, 0.25) is 5.91 Å². The van der Waals surface area contributed by atoms with Crippen molar-refractivity contribution in [3.8, 4) is 0 Å². The first kappa shape index (κ1) is 24.2. The highest BCUT2D eigenvalue weighted by Gasteiger charge is 2.13. The number of benzene rings is 2. The smallest absolute Gasteiger partial charge is 0.338 e. The highest BCUT2D eigenvalue weighted by Crippen LogP contribution is 2.25. The molecule has 0 saturated heterocycles. The van der Waals surface area contributed by atoms with E-state index in [1.165, 1.54) is 24.3 Å². The Kier molecular flexibility index (Phi) is 9.30. The van der Waals surface area contributed by atoms with Gasteiger partial charge in [-0.3, -0.25) is 14.4 Å². The normalized spacial score (nSPS) is 10.2. The van der Waals surface area contributed by atoms with E-state index in [1.54, 1.807) is 25.1 Å². The molecule has 0 aliphatic heterocycles. The van der Waals surface area contributed by atoms with Gasteiger partial charge >= 0.3 is 11.9 Å². The van der Waals surface area contributed by atoms with Crippen molar-refractivity contribution in [1.82, 2.24) is 0 Å². The monoisotopic (exact) mass is 466 g/mol. The van der Waals surface area contributed by atoms with Crippen LogP contribution in [0.25, 0.3) is 0 Å². The van der Waals surface area contributed by atoms with E-state index in [9.17, 15) is 19.2 Å². The van der Waals surface area contributed by atoms with Gasteiger partial charge in [0.1, 0.15) is 0 Å². The van der Waals surface area contributed by atoms with Crippen LogP contribution in [0.2, 0.25) is 10.0 Å². The largest absolute Gasteiger partial charge is 0.462 e. The van der Waals surface area contributed by atoms with Gasteiger partial charge in [-0.15, -0.1) is 0 Å². The summed E-state index contributed by atoms with van der Waals surface area (Å²) >= 11 is 11.7. The van der Waals surface area contributed by atoms with Crippen LogP contribution in [0, 0.1) is 0 Å². The van der Waals surface area contributed by atoms with Gasteiger partial charge in [0, 0.05) is 17.1 Å². The van der Waals surface area contributed by atoms with Crippen molar-refractivity contribution in [3.63, 3.8) is 0 Å². The van der Waals surface area contributed by atoms with E-state index in [2.05, 4.69) is 10.6 Å². The minimum Gasteiger partial charge on any atom is -0.462 e. The van der Waals surface area contributed by atoms with E-state index >= 15 is 0 Å². The zero-order valence-electron chi connectivity index (χ0n) is 16.6. The lowest BCUT2D eigenvalue weighted by atomic mass is 10.2. The van der Waals surface area contributed by atoms with E-state index in [0.717, 1.165) is 0 Å². The van der Waals surface area contributed by atoms with Crippen LogP contribution in [0.15, 0.2) is 42.5 Å². The van der Waals surface area contributed by atoms with Crippen LogP contribution < -0.4 is 10.6 Å². The lowest BCUT2D eigenvalue weighted by Crippen LogP contribution is -2.22. The summed E-state index contributed by atoms with van der Waals surface area (Å²) < 4.78 is 9.73. The molecule has 2 aromatic carbocycles. The lowest BCUT2D eigenvalue weighted by molar-refractivity contribution is -0.147. The third kappa shape index (κ3) is 8.27. The minimum atomic E-state index is -0.704. The Morgan fingerprint density at radius 2 is 1.58 bits per heavy atom. The van der Waals surface area contributed by atoms with E-state index in [0.29, 0.717) is 22.0 Å². The van der Waals surface area contributed by atoms with Gasteiger partial charge in [-0.2, -0.15) is 0 Å². The van der Waals surface area contributed by atoms with Crippen LogP contribution in [-0.2, 0) is 23.9 Å². The van der Waals surface area contributed by atoms with Gasteiger partial charge in [-0.25, -0.2) is 4.79 Å². The zero-order valence-corrected chi connectivity index (χ0v) is 18.1. The van der Waals surface area contributed by atoms with E-state index in [4.69, 9.17) is 32.7 Å². The van der Waals surface area contributed by atoms with Crippen molar-refractivity contribution >= 4 is 58.3 Å². The molecular weight excluding hydrogens is 447 g/mol. The number of hydrogen-bond acceptors (Lipinski definition) is 6. The van der Waals surface area contributed by atoms with Gasteiger partial charge in [0.05, 0.1) is 29.3 Å². The average molecular weight is 467 g/mol. The summed E-state index contributed by atoms with van der Waals surface area (Å²) in [6.45, 7) is 1.46. The maximum absolute atomic E-state index is 12.0. The fourth-order valence-corrected chi connectivity index (χ4v) is 2.79. The second kappa shape index (κ2) is 11.9. The lowest BCUT2D eigenvalue weighted by Gasteiger charge is -2.09. The van der Waals surface area contributed by atoms with Crippen LogP contribution in [0.5, 0.6) is 0 Å². The van der Waals surface area contributed by atoms with Crippen molar-refractivity contribution in [3.05, 3.63) is 58.1 Å². The van der Waals surface area contributed by atoms with E-state index < -0.39 is 30.4 Å². The number of halogens is 2. The third-order valence-electron chi connectivity index (χ3n) is 3.81. The summed E-state index contributed by atoms with van der Waals surface area (Å²) in [5, 5.41) is 5.76. The van der Waals surface area contributed by atoms with Crippen molar-refractivity contribution in [2.45, 2.75) is 19.8 Å². The Morgan fingerprint density at radius 3 is 2.23 bits per heavy atom. The van der Waals surface area contributed by atoms with Crippen LogP contribution in [0.1, 0.15) is 30.1 Å². The Labute approximate surface area is 188 Å². The Morgan fingerprint density at radius 1 is 0.871 bits per heavy atom. The molecule has 31 heavy (non-hydrogen) atoms. The standard InChI is InChI=1S/C21H20Cl2N2O6/c1-2-30-21(29)13-3-6-15(7-4-13)24-18(26)9-10-20(28)31-12-19(27)25-17-8-5-14(22)11-16(17)23/h3-8,11H,2,9-10,12H2,1H3,(H,24,26)(H,25,27). The van der Waals surface area contributed by atoms with Gasteiger partial charge in [-0.1, -0.05) is 23.2 Å². The Bertz CT molecular complexity index is 963. The number of carbonyl (C=O) groups is 4. The predicted molar refractivity (Wildman–Crippen MR) is 116 cm³/mol. The molecule has 2 aromatic rings. The molecule has 0 atom stereocenters. The van der Waals surface area contributed by atoms with Crippen molar-refractivity contribution in [1.29, 1.82) is 0 Å². The molecule has 0 bridgehead atoms.